The number of benzene rings is 1. The molecule has 0 N–H and O–H groups in total. The highest BCUT2D eigenvalue weighted by molar-refractivity contribution is 5.79. The van der Waals surface area contributed by atoms with Gasteiger partial charge in [0, 0.05) is 0 Å². The summed E-state index contributed by atoms with van der Waals surface area (Å²) in [6.45, 7) is 5.87. The van der Waals surface area contributed by atoms with Gasteiger partial charge < -0.3 is 9.47 Å². The zero-order chi connectivity index (χ0) is 15.8. The van der Waals surface area contributed by atoms with E-state index in [4.69, 9.17) is 9.47 Å². The van der Waals surface area contributed by atoms with Crippen LogP contribution >= 0.6 is 0 Å². The summed E-state index contributed by atoms with van der Waals surface area (Å²) in [5.74, 6) is -1.62. The van der Waals surface area contributed by atoms with Crippen molar-refractivity contribution in [3.05, 3.63) is 30.1 Å². The molecule has 0 bridgehead atoms. The van der Waals surface area contributed by atoms with E-state index in [2.05, 4.69) is 0 Å². The monoisotopic (exact) mass is 296 g/mol. The van der Waals surface area contributed by atoms with Crippen molar-refractivity contribution in [1.82, 2.24) is 0 Å². The Bertz CT molecular complexity index is 485. The second-order valence-corrected chi connectivity index (χ2v) is 5.09. The first-order valence-corrected chi connectivity index (χ1v) is 7.08. The zero-order valence-electron chi connectivity index (χ0n) is 12.6. The lowest BCUT2D eigenvalue weighted by Gasteiger charge is -2.19. The molecule has 0 saturated carbocycles. The third kappa shape index (κ3) is 5.94. The number of ether oxygens (including phenoxy) is 2. The molecule has 0 aliphatic heterocycles. The third-order valence-electron chi connectivity index (χ3n) is 3.02. The maximum atomic E-state index is 13.3. The van der Waals surface area contributed by atoms with Gasteiger partial charge in [-0.2, -0.15) is 0 Å². The summed E-state index contributed by atoms with van der Waals surface area (Å²) < 4.78 is 23.4. The van der Waals surface area contributed by atoms with Crippen LogP contribution in [0.1, 0.15) is 40.0 Å². The van der Waals surface area contributed by atoms with Gasteiger partial charge in [-0.3, -0.25) is 9.59 Å². The van der Waals surface area contributed by atoms with Crippen LogP contribution in [0.15, 0.2) is 24.3 Å². The summed E-state index contributed by atoms with van der Waals surface area (Å²) in [7, 11) is 0. The number of esters is 2. The van der Waals surface area contributed by atoms with Crippen LogP contribution in [0.5, 0.6) is 5.75 Å². The van der Waals surface area contributed by atoms with Crippen molar-refractivity contribution in [2.45, 2.75) is 46.1 Å². The summed E-state index contributed by atoms with van der Waals surface area (Å²) in [5, 5.41) is 0. The summed E-state index contributed by atoms with van der Waals surface area (Å²) >= 11 is 0. The van der Waals surface area contributed by atoms with Crippen LogP contribution in [-0.2, 0) is 14.3 Å². The van der Waals surface area contributed by atoms with E-state index >= 15 is 0 Å². The fourth-order valence-electron chi connectivity index (χ4n) is 1.82. The number of hydrogen-bond acceptors (Lipinski definition) is 4. The highest BCUT2D eigenvalue weighted by atomic mass is 19.1. The van der Waals surface area contributed by atoms with E-state index in [0.29, 0.717) is 0 Å². The third-order valence-corrected chi connectivity index (χ3v) is 3.02. The maximum absolute atomic E-state index is 13.3. The van der Waals surface area contributed by atoms with E-state index in [9.17, 15) is 14.0 Å². The average Bonchev–Trinajstić information content (AvgIpc) is 2.44. The molecule has 0 amide bonds. The lowest BCUT2D eigenvalue weighted by atomic mass is 10.1. The Kier molecular flexibility index (Phi) is 6.85. The van der Waals surface area contributed by atoms with Gasteiger partial charge >= 0.3 is 11.9 Å². The molecule has 1 aromatic rings. The van der Waals surface area contributed by atoms with Gasteiger partial charge in [-0.1, -0.05) is 32.9 Å². The quantitative estimate of drug-likeness (QED) is 0.571. The molecule has 1 rings (SSSR count). The van der Waals surface area contributed by atoms with Gasteiger partial charge in [-0.15, -0.1) is 0 Å². The molecular formula is C16H21FO4. The molecule has 0 spiro atoms. The molecule has 1 unspecified atom stereocenters. The fraction of sp³-hybridized carbons (Fsp3) is 0.500. The van der Waals surface area contributed by atoms with Gasteiger partial charge in [-0.05, 0) is 24.5 Å². The van der Waals surface area contributed by atoms with Crippen LogP contribution in [-0.4, -0.2) is 18.0 Å². The van der Waals surface area contributed by atoms with Crippen LogP contribution in [0.2, 0.25) is 0 Å². The van der Waals surface area contributed by atoms with Gasteiger partial charge in [0.1, 0.15) is 6.10 Å². The van der Waals surface area contributed by atoms with Gasteiger partial charge in [0.05, 0.1) is 12.8 Å². The van der Waals surface area contributed by atoms with Gasteiger partial charge in [-0.25, -0.2) is 4.39 Å². The lowest BCUT2D eigenvalue weighted by molar-refractivity contribution is -0.153. The Hall–Kier alpha value is -1.91. The van der Waals surface area contributed by atoms with Crippen molar-refractivity contribution >= 4 is 11.9 Å². The van der Waals surface area contributed by atoms with Crippen molar-refractivity contribution in [1.29, 1.82) is 0 Å². The SMILES string of the molecule is CCC(OC(=O)CCC(=O)Oc1ccccc1F)C(C)C. The van der Waals surface area contributed by atoms with Gasteiger partial charge in [0.2, 0.25) is 0 Å². The standard InChI is InChI=1S/C16H21FO4/c1-4-13(11(2)3)20-15(18)9-10-16(19)21-14-8-6-5-7-12(14)17/h5-8,11,13H,4,9-10H2,1-3H3. The second kappa shape index (κ2) is 8.39. The normalized spacial score (nSPS) is 12.0. The molecule has 0 heterocycles. The highest BCUT2D eigenvalue weighted by Crippen LogP contribution is 2.16. The first-order valence-electron chi connectivity index (χ1n) is 7.08. The molecule has 5 heteroatoms. The van der Waals surface area contributed by atoms with Gasteiger partial charge in [0.15, 0.2) is 11.6 Å². The minimum atomic E-state index is -0.658. The molecule has 116 valence electrons. The summed E-state index contributed by atoms with van der Waals surface area (Å²) in [6.07, 6.45) is 0.362. The number of hydrogen-bond donors (Lipinski definition) is 0. The summed E-state index contributed by atoms with van der Waals surface area (Å²) in [5.41, 5.74) is 0. The maximum Gasteiger partial charge on any atom is 0.311 e. The predicted octanol–water partition coefficient (Wildman–Crippen LogP) is 3.49. The predicted molar refractivity (Wildman–Crippen MR) is 76.3 cm³/mol. The van der Waals surface area contributed by atoms with E-state index in [1.165, 1.54) is 18.2 Å². The Morgan fingerprint density at radius 1 is 1.14 bits per heavy atom. The Labute approximate surface area is 124 Å². The molecule has 0 aromatic heterocycles. The first kappa shape index (κ1) is 17.1. The van der Waals surface area contributed by atoms with Crippen molar-refractivity contribution in [2.24, 2.45) is 5.92 Å². The second-order valence-electron chi connectivity index (χ2n) is 5.09. The summed E-state index contributed by atoms with van der Waals surface area (Å²) in [4.78, 5) is 23.2. The number of rotatable bonds is 7. The van der Waals surface area contributed by atoms with Gasteiger partial charge in [0.25, 0.3) is 0 Å². The molecule has 21 heavy (non-hydrogen) atoms. The Morgan fingerprint density at radius 2 is 1.76 bits per heavy atom. The van der Waals surface area contributed by atoms with Crippen molar-refractivity contribution in [3.63, 3.8) is 0 Å². The molecule has 0 aliphatic carbocycles. The van der Waals surface area contributed by atoms with Crippen molar-refractivity contribution in [2.75, 3.05) is 0 Å². The molecule has 0 saturated heterocycles. The van der Waals surface area contributed by atoms with Crippen molar-refractivity contribution < 1.29 is 23.5 Å². The Morgan fingerprint density at radius 3 is 2.33 bits per heavy atom. The smallest absolute Gasteiger partial charge is 0.311 e. The molecule has 1 atom stereocenters. The topological polar surface area (TPSA) is 52.6 Å². The molecule has 1 aromatic carbocycles. The minimum absolute atomic E-state index is 0.0729. The van der Waals surface area contributed by atoms with Crippen molar-refractivity contribution in [3.8, 4) is 5.75 Å². The minimum Gasteiger partial charge on any atom is -0.462 e. The number of halogens is 1. The highest BCUT2D eigenvalue weighted by Gasteiger charge is 2.18. The van der Waals surface area contributed by atoms with Crippen LogP contribution in [0.3, 0.4) is 0 Å². The van der Waals surface area contributed by atoms with Crippen LogP contribution in [0, 0.1) is 11.7 Å². The number of carbonyl (C=O) groups excluding carboxylic acids is 2. The largest absolute Gasteiger partial charge is 0.462 e. The number of para-hydroxylation sites is 1. The van der Waals surface area contributed by atoms with E-state index in [1.54, 1.807) is 6.07 Å². The van der Waals surface area contributed by atoms with E-state index in [-0.39, 0.29) is 30.6 Å². The van der Waals surface area contributed by atoms with Crippen LogP contribution in [0.25, 0.3) is 0 Å². The van der Waals surface area contributed by atoms with E-state index in [1.807, 2.05) is 20.8 Å². The first-order chi connectivity index (χ1) is 9.93. The lowest BCUT2D eigenvalue weighted by Crippen LogP contribution is -2.23. The average molecular weight is 296 g/mol. The Balaban J connectivity index is 2.39. The summed E-state index contributed by atoms with van der Waals surface area (Å²) in [6, 6.07) is 5.62. The zero-order valence-corrected chi connectivity index (χ0v) is 12.6. The van der Waals surface area contributed by atoms with Crippen LogP contribution < -0.4 is 4.74 Å². The molecule has 0 aliphatic rings. The number of carbonyl (C=O) groups is 2. The van der Waals surface area contributed by atoms with E-state index in [0.717, 1.165) is 6.42 Å². The fourth-order valence-corrected chi connectivity index (χ4v) is 1.82. The molecule has 0 fully saturated rings. The molecular weight excluding hydrogens is 275 g/mol. The molecule has 4 nitrogen and oxygen atoms in total. The van der Waals surface area contributed by atoms with E-state index < -0.39 is 17.8 Å². The van der Waals surface area contributed by atoms with Crippen LogP contribution in [0.4, 0.5) is 4.39 Å². The molecule has 0 radical (unpaired) electrons.